The Morgan fingerprint density at radius 2 is 2.06 bits per heavy atom. The van der Waals surface area contributed by atoms with Gasteiger partial charge in [-0.1, -0.05) is 18.2 Å². The minimum atomic E-state index is 0.276. The minimum absolute atomic E-state index is 0.276. The van der Waals surface area contributed by atoms with Gasteiger partial charge < -0.3 is 4.90 Å². The normalized spacial score (nSPS) is 23.6. The first-order valence-electron chi connectivity index (χ1n) is 5.86. The number of benzene rings is 1. The summed E-state index contributed by atoms with van der Waals surface area (Å²) in [4.78, 5) is 13.9. The summed E-state index contributed by atoms with van der Waals surface area (Å²) >= 11 is 0. The second-order valence-electron chi connectivity index (χ2n) is 4.65. The number of carbonyl (C=O) groups is 1. The van der Waals surface area contributed by atoms with Crippen LogP contribution in [0.4, 0.5) is 5.69 Å². The summed E-state index contributed by atoms with van der Waals surface area (Å²) in [5.41, 5.74) is 3.89. The quantitative estimate of drug-likeness (QED) is 0.660. The molecule has 1 unspecified atom stereocenters. The molecule has 0 fully saturated rings. The monoisotopic (exact) mass is 213 g/mol. The highest BCUT2D eigenvalue weighted by atomic mass is 16.1. The van der Waals surface area contributed by atoms with Crippen LogP contribution >= 0.6 is 0 Å². The molecule has 2 nitrogen and oxygen atoms in total. The number of nitrogens with zero attached hydrogens (tertiary/aromatic N) is 1. The van der Waals surface area contributed by atoms with E-state index in [0.29, 0.717) is 12.5 Å². The fourth-order valence-corrected chi connectivity index (χ4v) is 2.78. The van der Waals surface area contributed by atoms with Gasteiger partial charge in [0.05, 0.1) is 0 Å². The Hall–Kier alpha value is -1.57. The molecule has 1 aromatic rings. The molecule has 0 aromatic heterocycles. The molecule has 16 heavy (non-hydrogen) atoms. The number of hydrogen-bond acceptors (Lipinski definition) is 2. The number of carbonyl (C=O) groups excluding carboxylic acids is 1. The van der Waals surface area contributed by atoms with E-state index in [9.17, 15) is 4.79 Å². The topological polar surface area (TPSA) is 20.3 Å². The molecular weight excluding hydrogens is 198 g/mol. The van der Waals surface area contributed by atoms with Crippen LogP contribution in [0.3, 0.4) is 0 Å². The predicted octanol–water partition coefficient (Wildman–Crippen LogP) is 2.68. The van der Waals surface area contributed by atoms with Crippen molar-refractivity contribution in [3.05, 3.63) is 41.6 Å². The van der Waals surface area contributed by atoms with Crippen LogP contribution < -0.4 is 4.90 Å². The molecule has 0 N–H and O–H groups in total. The zero-order valence-electron chi connectivity index (χ0n) is 9.44. The summed E-state index contributed by atoms with van der Waals surface area (Å²) < 4.78 is 0. The van der Waals surface area contributed by atoms with E-state index in [1.165, 1.54) is 16.9 Å². The summed E-state index contributed by atoms with van der Waals surface area (Å²) in [7, 11) is 0. The number of aryl methyl sites for hydroxylation is 1. The van der Waals surface area contributed by atoms with E-state index in [1.807, 2.05) is 6.08 Å². The first-order valence-corrected chi connectivity index (χ1v) is 5.86. The van der Waals surface area contributed by atoms with Crippen LogP contribution in [0.1, 0.15) is 25.3 Å². The Kier molecular flexibility index (Phi) is 2.10. The molecule has 0 saturated carbocycles. The van der Waals surface area contributed by atoms with Crippen LogP contribution in [0, 0.1) is 0 Å². The van der Waals surface area contributed by atoms with Crippen LogP contribution in [-0.2, 0) is 11.2 Å². The second kappa shape index (κ2) is 3.48. The molecule has 0 saturated heterocycles. The summed E-state index contributed by atoms with van der Waals surface area (Å²) in [5.74, 6) is 0.276. The van der Waals surface area contributed by atoms with Crippen molar-refractivity contribution in [2.45, 2.75) is 32.2 Å². The highest BCUT2D eigenvalue weighted by Gasteiger charge is 2.29. The average molecular weight is 213 g/mol. The van der Waals surface area contributed by atoms with Crippen molar-refractivity contribution in [2.75, 3.05) is 4.90 Å². The molecule has 2 heterocycles. The zero-order valence-corrected chi connectivity index (χ0v) is 9.44. The predicted molar refractivity (Wildman–Crippen MR) is 64.4 cm³/mol. The molecule has 2 heteroatoms. The lowest BCUT2D eigenvalue weighted by Crippen LogP contribution is -2.40. The lowest BCUT2D eigenvalue weighted by atomic mass is 9.92. The van der Waals surface area contributed by atoms with Crippen molar-refractivity contribution >= 4 is 11.5 Å². The molecule has 0 amide bonds. The van der Waals surface area contributed by atoms with Crippen LogP contribution in [0.25, 0.3) is 0 Å². The van der Waals surface area contributed by atoms with E-state index in [0.717, 1.165) is 12.8 Å². The Morgan fingerprint density at radius 1 is 1.25 bits per heavy atom. The van der Waals surface area contributed by atoms with Crippen LogP contribution in [-0.4, -0.2) is 11.8 Å². The van der Waals surface area contributed by atoms with Gasteiger partial charge in [-0.15, -0.1) is 0 Å². The molecule has 0 spiro atoms. The van der Waals surface area contributed by atoms with Crippen molar-refractivity contribution in [1.29, 1.82) is 0 Å². The molecule has 0 aliphatic carbocycles. The molecule has 0 radical (unpaired) electrons. The van der Waals surface area contributed by atoms with Gasteiger partial charge in [-0.25, -0.2) is 0 Å². The van der Waals surface area contributed by atoms with Gasteiger partial charge in [0, 0.05) is 29.9 Å². The fraction of sp³-hybridized carbons (Fsp3) is 0.357. The maximum atomic E-state index is 11.5. The summed E-state index contributed by atoms with van der Waals surface area (Å²) in [6.45, 7) is 2.13. The minimum Gasteiger partial charge on any atom is -0.342 e. The molecule has 2 aliphatic rings. The van der Waals surface area contributed by atoms with Crippen molar-refractivity contribution in [3.8, 4) is 0 Å². The lowest BCUT2D eigenvalue weighted by molar-refractivity contribution is -0.115. The smallest absolute Gasteiger partial charge is 0.159 e. The van der Waals surface area contributed by atoms with Gasteiger partial charge in [-0.2, -0.15) is 0 Å². The van der Waals surface area contributed by atoms with Crippen LogP contribution in [0.15, 0.2) is 36.0 Å². The third-order valence-corrected chi connectivity index (χ3v) is 3.48. The maximum absolute atomic E-state index is 11.5. The first kappa shape index (κ1) is 9.64. The van der Waals surface area contributed by atoms with E-state index >= 15 is 0 Å². The fourth-order valence-electron chi connectivity index (χ4n) is 2.78. The molecule has 2 aliphatic heterocycles. The van der Waals surface area contributed by atoms with Gasteiger partial charge in [0.15, 0.2) is 5.78 Å². The number of para-hydroxylation sites is 1. The molecule has 82 valence electrons. The first-order chi connectivity index (χ1) is 7.75. The number of hydrogen-bond donors (Lipinski definition) is 0. The van der Waals surface area contributed by atoms with Crippen molar-refractivity contribution < 1.29 is 4.79 Å². The summed E-state index contributed by atoms with van der Waals surface area (Å²) in [5, 5.41) is 0. The van der Waals surface area contributed by atoms with Gasteiger partial charge >= 0.3 is 0 Å². The van der Waals surface area contributed by atoms with Gasteiger partial charge in [0.25, 0.3) is 0 Å². The zero-order chi connectivity index (χ0) is 11.1. The lowest BCUT2D eigenvalue weighted by Gasteiger charge is -2.40. The Balaban J connectivity index is 2.12. The maximum Gasteiger partial charge on any atom is 0.159 e. The number of anilines is 1. The van der Waals surface area contributed by atoms with Gasteiger partial charge in [0.1, 0.15) is 0 Å². The average Bonchev–Trinajstić information content (AvgIpc) is 2.28. The van der Waals surface area contributed by atoms with E-state index in [4.69, 9.17) is 0 Å². The van der Waals surface area contributed by atoms with E-state index in [2.05, 4.69) is 36.1 Å². The number of allylic oxidation sites excluding steroid dienone is 2. The van der Waals surface area contributed by atoms with E-state index in [1.54, 1.807) is 0 Å². The number of rotatable bonds is 0. The molecular formula is C14H15NO. The van der Waals surface area contributed by atoms with Gasteiger partial charge in [0.2, 0.25) is 0 Å². The standard InChI is InChI=1S/C14H15NO/c1-10-8-13(16)9-12-7-6-11-4-2-3-5-14(11)15(10)12/h2-5,9-10H,6-8H2,1H3. The molecule has 0 bridgehead atoms. The largest absolute Gasteiger partial charge is 0.342 e. The van der Waals surface area contributed by atoms with Crippen LogP contribution in [0.5, 0.6) is 0 Å². The third-order valence-electron chi connectivity index (χ3n) is 3.48. The Morgan fingerprint density at radius 3 is 2.94 bits per heavy atom. The molecule has 3 rings (SSSR count). The molecule has 1 atom stereocenters. The highest BCUT2D eigenvalue weighted by Crippen LogP contribution is 2.36. The van der Waals surface area contributed by atoms with E-state index < -0.39 is 0 Å². The SMILES string of the molecule is CC1CC(=O)C=C2CCc3ccccc3N21. The number of fused-ring (bicyclic) bond motifs is 3. The second-order valence-corrected chi connectivity index (χ2v) is 4.65. The van der Waals surface area contributed by atoms with E-state index in [-0.39, 0.29) is 5.78 Å². The third kappa shape index (κ3) is 1.37. The van der Waals surface area contributed by atoms with Crippen molar-refractivity contribution in [1.82, 2.24) is 0 Å². The number of ketones is 1. The Bertz CT molecular complexity index is 475. The summed E-state index contributed by atoms with van der Waals surface area (Å²) in [6, 6.07) is 8.82. The Labute approximate surface area is 95.6 Å². The van der Waals surface area contributed by atoms with Crippen molar-refractivity contribution in [3.63, 3.8) is 0 Å². The molecule has 1 aromatic carbocycles. The highest BCUT2D eigenvalue weighted by molar-refractivity contribution is 5.93. The summed E-state index contributed by atoms with van der Waals surface area (Å²) in [6.07, 6.45) is 4.51. The van der Waals surface area contributed by atoms with Crippen LogP contribution in [0.2, 0.25) is 0 Å². The van der Waals surface area contributed by atoms with Crippen molar-refractivity contribution in [2.24, 2.45) is 0 Å². The van der Waals surface area contributed by atoms with Gasteiger partial charge in [-0.05, 0) is 31.4 Å². The van der Waals surface area contributed by atoms with Gasteiger partial charge in [-0.3, -0.25) is 4.79 Å².